The molecule has 5 heteroatoms. The topological polar surface area (TPSA) is 48.3 Å². The molecule has 0 bridgehead atoms. The van der Waals surface area contributed by atoms with Crippen LogP contribution in [0.15, 0.2) is 29.1 Å². The molecular formula is C17H18ClNO3. The van der Waals surface area contributed by atoms with Gasteiger partial charge >= 0.3 is 5.97 Å². The molecule has 0 aliphatic heterocycles. The molecular weight excluding hydrogens is 302 g/mol. The molecule has 116 valence electrons. The molecule has 0 saturated heterocycles. The van der Waals surface area contributed by atoms with Gasteiger partial charge in [-0.25, -0.2) is 4.79 Å². The highest BCUT2D eigenvalue weighted by Gasteiger charge is 2.22. The first-order valence-corrected chi connectivity index (χ1v) is 7.39. The maximum Gasteiger partial charge on any atom is 0.343 e. The summed E-state index contributed by atoms with van der Waals surface area (Å²) < 4.78 is 6.85. The van der Waals surface area contributed by atoms with Crippen LogP contribution in [0.25, 0.3) is 11.1 Å². The van der Waals surface area contributed by atoms with Crippen molar-refractivity contribution >= 4 is 17.6 Å². The van der Waals surface area contributed by atoms with Gasteiger partial charge in [-0.15, -0.1) is 0 Å². The zero-order chi connectivity index (χ0) is 16.4. The Hall–Kier alpha value is -2.07. The molecule has 0 fully saturated rings. The Morgan fingerprint density at radius 1 is 1.18 bits per heavy atom. The summed E-state index contributed by atoms with van der Waals surface area (Å²) >= 11 is 5.90. The summed E-state index contributed by atoms with van der Waals surface area (Å²) in [4.78, 5) is 24.9. The number of hydrogen-bond donors (Lipinski definition) is 0. The second-order valence-electron chi connectivity index (χ2n) is 5.04. The molecule has 0 aliphatic carbocycles. The summed E-state index contributed by atoms with van der Waals surface area (Å²) in [6.07, 6.45) is 0. The van der Waals surface area contributed by atoms with Crippen LogP contribution in [0.4, 0.5) is 0 Å². The highest BCUT2D eigenvalue weighted by atomic mass is 35.5. The molecule has 2 aromatic rings. The first kappa shape index (κ1) is 16.3. The number of halogens is 1. The van der Waals surface area contributed by atoms with E-state index in [1.807, 2.05) is 18.5 Å². The molecule has 2 rings (SSSR count). The molecule has 0 aliphatic rings. The van der Waals surface area contributed by atoms with Crippen LogP contribution in [0.1, 0.15) is 28.7 Å². The van der Waals surface area contributed by atoms with Gasteiger partial charge in [-0.3, -0.25) is 4.79 Å². The highest BCUT2D eigenvalue weighted by Crippen LogP contribution is 2.23. The predicted molar refractivity (Wildman–Crippen MR) is 87.6 cm³/mol. The van der Waals surface area contributed by atoms with Gasteiger partial charge in [0.2, 0.25) is 5.43 Å². The largest absolute Gasteiger partial charge is 0.462 e. The van der Waals surface area contributed by atoms with E-state index in [2.05, 4.69) is 0 Å². The third-order valence-corrected chi connectivity index (χ3v) is 4.05. The van der Waals surface area contributed by atoms with Crippen molar-refractivity contribution in [3.05, 3.63) is 56.5 Å². The van der Waals surface area contributed by atoms with Crippen molar-refractivity contribution in [3.63, 3.8) is 0 Å². The number of pyridine rings is 1. The van der Waals surface area contributed by atoms with E-state index in [0.717, 1.165) is 11.3 Å². The summed E-state index contributed by atoms with van der Waals surface area (Å²) in [5, 5.41) is 0.593. The maximum absolute atomic E-state index is 12.8. The third kappa shape index (κ3) is 2.79. The van der Waals surface area contributed by atoms with Crippen molar-refractivity contribution in [2.24, 2.45) is 7.05 Å². The fourth-order valence-electron chi connectivity index (χ4n) is 2.44. The van der Waals surface area contributed by atoms with Crippen molar-refractivity contribution in [1.29, 1.82) is 0 Å². The van der Waals surface area contributed by atoms with Crippen molar-refractivity contribution in [3.8, 4) is 11.1 Å². The zero-order valence-corrected chi connectivity index (χ0v) is 13.8. The van der Waals surface area contributed by atoms with E-state index in [4.69, 9.17) is 16.3 Å². The number of carbonyl (C=O) groups is 1. The van der Waals surface area contributed by atoms with Gasteiger partial charge in [-0.1, -0.05) is 23.7 Å². The van der Waals surface area contributed by atoms with Gasteiger partial charge in [0.15, 0.2) is 0 Å². The summed E-state index contributed by atoms with van der Waals surface area (Å²) in [6.45, 7) is 5.54. The molecule has 0 saturated carbocycles. The highest BCUT2D eigenvalue weighted by molar-refractivity contribution is 6.30. The van der Waals surface area contributed by atoms with E-state index in [-0.39, 0.29) is 17.6 Å². The molecule has 4 nitrogen and oxygen atoms in total. The molecule has 1 heterocycles. The number of rotatable bonds is 3. The number of nitrogens with zero attached hydrogens (tertiary/aromatic N) is 1. The average molecular weight is 320 g/mol. The van der Waals surface area contributed by atoms with E-state index < -0.39 is 5.97 Å². The average Bonchev–Trinajstić information content (AvgIpc) is 2.47. The van der Waals surface area contributed by atoms with Gasteiger partial charge in [-0.2, -0.15) is 0 Å². The molecule has 0 spiro atoms. The Bertz CT molecular complexity index is 776. The fourth-order valence-corrected chi connectivity index (χ4v) is 2.57. The molecule has 0 unspecified atom stereocenters. The van der Waals surface area contributed by atoms with Gasteiger partial charge in [0.05, 0.1) is 6.61 Å². The van der Waals surface area contributed by atoms with Crippen molar-refractivity contribution in [2.45, 2.75) is 20.8 Å². The Labute approximate surface area is 134 Å². The lowest BCUT2D eigenvalue weighted by Crippen LogP contribution is -2.26. The first-order valence-electron chi connectivity index (χ1n) is 7.01. The number of ether oxygens (including phenoxy) is 1. The zero-order valence-electron chi connectivity index (χ0n) is 13.1. The van der Waals surface area contributed by atoms with Crippen LogP contribution in [-0.4, -0.2) is 17.1 Å². The van der Waals surface area contributed by atoms with E-state index in [1.165, 1.54) is 0 Å². The van der Waals surface area contributed by atoms with Crippen LogP contribution < -0.4 is 5.43 Å². The standard InChI is InChI=1S/C17H18ClNO3/c1-5-22-17(21)15-11(3)19(4)10(2)14(16(15)20)12-6-8-13(18)9-7-12/h6-9H,5H2,1-4H3. The van der Waals surface area contributed by atoms with Crippen LogP contribution >= 0.6 is 11.6 Å². The summed E-state index contributed by atoms with van der Waals surface area (Å²) in [7, 11) is 1.83. The van der Waals surface area contributed by atoms with Gasteiger partial charge in [0.25, 0.3) is 0 Å². The predicted octanol–water partition coefficient (Wildman–Crippen LogP) is 3.50. The van der Waals surface area contributed by atoms with Gasteiger partial charge in [0, 0.05) is 29.0 Å². The monoisotopic (exact) mass is 319 g/mol. The quantitative estimate of drug-likeness (QED) is 0.814. The molecule has 1 aromatic heterocycles. The van der Waals surface area contributed by atoms with Gasteiger partial charge in [-0.05, 0) is 38.5 Å². The molecule has 22 heavy (non-hydrogen) atoms. The number of benzene rings is 1. The van der Waals surface area contributed by atoms with Crippen LogP contribution in [0, 0.1) is 13.8 Å². The number of esters is 1. The lowest BCUT2D eigenvalue weighted by molar-refractivity contribution is 0.0523. The Balaban J connectivity index is 2.77. The minimum atomic E-state index is -0.587. The normalized spacial score (nSPS) is 10.6. The molecule has 0 N–H and O–H groups in total. The first-order chi connectivity index (χ1) is 10.4. The Morgan fingerprint density at radius 2 is 1.77 bits per heavy atom. The summed E-state index contributed by atoms with van der Waals surface area (Å²) in [6, 6.07) is 6.99. The van der Waals surface area contributed by atoms with E-state index in [1.54, 1.807) is 38.1 Å². The second-order valence-corrected chi connectivity index (χ2v) is 5.47. The van der Waals surface area contributed by atoms with Gasteiger partial charge < -0.3 is 9.30 Å². The lowest BCUT2D eigenvalue weighted by atomic mass is 9.99. The number of hydrogen-bond acceptors (Lipinski definition) is 3. The minimum Gasteiger partial charge on any atom is -0.462 e. The van der Waals surface area contributed by atoms with E-state index >= 15 is 0 Å². The minimum absolute atomic E-state index is 0.0832. The number of aromatic nitrogens is 1. The molecule has 0 radical (unpaired) electrons. The van der Waals surface area contributed by atoms with Crippen LogP contribution in [0.3, 0.4) is 0 Å². The Kier molecular flexibility index (Phi) is 4.71. The summed E-state index contributed by atoms with van der Waals surface area (Å²) in [5.74, 6) is -0.587. The van der Waals surface area contributed by atoms with E-state index in [0.29, 0.717) is 16.3 Å². The van der Waals surface area contributed by atoms with E-state index in [9.17, 15) is 9.59 Å². The summed E-state index contributed by atoms with van der Waals surface area (Å²) in [5.41, 5.74) is 2.38. The maximum atomic E-state index is 12.8. The fraction of sp³-hybridized carbons (Fsp3) is 0.294. The third-order valence-electron chi connectivity index (χ3n) is 3.80. The van der Waals surface area contributed by atoms with Crippen molar-refractivity contribution in [2.75, 3.05) is 6.61 Å². The SMILES string of the molecule is CCOC(=O)c1c(C)n(C)c(C)c(-c2ccc(Cl)cc2)c1=O. The molecule has 0 amide bonds. The molecule has 0 atom stereocenters. The van der Waals surface area contributed by atoms with Crippen LogP contribution in [0.5, 0.6) is 0 Å². The second kappa shape index (κ2) is 6.36. The van der Waals surface area contributed by atoms with Crippen LogP contribution in [-0.2, 0) is 11.8 Å². The van der Waals surface area contributed by atoms with Crippen molar-refractivity contribution < 1.29 is 9.53 Å². The molecule has 1 aromatic carbocycles. The smallest absolute Gasteiger partial charge is 0.343 e. The van der Waals surface area contributed by atoms with Gasteiger partial charge in [0.1, 0.15) is 5.56 Å². The lowest BCUT2D eigenvalue weighted by Gasteiger charge is -2.17. The Morgan fingerprint density at radius 3 is 2.32 bits per heavy atom. The van der Waals surface area contributed by atoms with Crippen molar-refractivity contribution in [1.82, 2.24) is 4.57 Å². The number of carbonyl (C=O) groups excluding carboxylic acids is 1. The van der Waals surface area contributed by atoms with Crippen LogP contribution in [0.2, 0.25) is 5.02 Å².